The van der Waals surface area contributed by atoms with Crippen LogP contribution in [0.1, 0.15) is 0 Å². The molecule has 0 spiro atoms. The second kappa shape index (κ2) is 3.92. The fourth-order valence-electron chi connectivity index (χ4n) is 2.74. The summed E-state index contributed by atoms with van der Waals surface area (Å²) in [6.45, 7) is 0. The van der Waals surface area contributed by atoms with Gasteiger partial charge < -0.3 is 5.73 Å². The first kappa shape index (κ1) is 11.4. The van der Waals surface area contributed by atoms with Crippen molar-refractivity contribution in [3.8, 4) is 0 Å². The van der Waals surface area contributed by atoms with Crippen LogP contribution >= 0.6 is 0 Å². The van der Waals surface area contributed by atoms with E-state index in [1.807, 2.05) is 12.1 Å². The molecule has 0 saturated carbocycles. The summed E-state index contributed by atoms with van der Waals surface area (Å²) < 4.78 is 0. The van der Waals surface area contributed by atoms with E-state index in [0.29, 0.717) is 5.69 Å². The molecule has 80 valence electrons. The van der Waals surface area contributed by atoms with E-state index in [0.717, 1.165) is 5.39 Å². The molecule has 1 nitrogen and oxygen atoms in total. The van der Waals surface area contributed by atoms with Crippen molar-refractivity contribution in [2.24, 2.45) is 0 Å². The van der Waals surface area contributed by atoms with Crippen LogP contribution in [0.2, 0.25) is 0 Å². The third-order valence-corrected chi connectivity index (χ3v) is 3.53. The molecule has 0 saturated heterocycles. The normalized spacial score (nSPS) is 11.1. The van der Waals surface area contributed by atoms with Gasteiger partial charge in [0.25, 0.3) is 0 Å². The van der Waals surface area contributed by atoms with Gasteiger partial charge in [0, 0.05) is 0 Å². The topological polar surface area (TPSA) is 23.8 Å². The van der Waals surface area contributed by atoms with Crippen molar-refractivity contribution in [1.29, 1.82) is 0 Å². The van der Waals surface area contributed by atoms with Crippen LogP contribution in [0.4, 0.5) is 5.69 Å². The number of rotatable bonds is 0. The third kappa shape index (κ3) is 1.35. The van der Waals surface area contributed by atoms with Gasteiger partial charge in [-0.2, -0.15) is 0 Å². The molecule has 0 aliphatic carbocycles. The Morgan fingerprint density at radius 1 is 0.611 bits per heavy atom. The molecule has 0 aromatic heterocycles. The fraction of sp³-hybridized carbons (Fsp3) is 0. The van der Waals surface area contributed by atoms with Crippen LogP contribution in [0.15, 0.2) is 54.6 Å². The molecule has 18 heavy (non-hydrogen) atoms. The summed E-state index contributed by atoms with van der Waals surface area (Å²) in [4.78, 5) is 0. The average molecular weight is 223 g/mol. The van der Waals surface area contributed by atoms with Gasteiger partial charge in [-0.1, -0.05) is 54.6 Å². The van der Waals surface area contributed by atoms with E-state index in [9.17, 15) is 0 Å². The Hall–Kier alpha value is -1.68. The van der Waals surface area contributed by atoms with Gasteiger partial charge in [-0.15, -0.1) is 5.69 Å². The second-order valence-electron chi connectivity index (χ2n) is 4.47. The van der Waals surface area contributed by atoms with Gasteiger partial charge >= 0.3 is 18.9 Å². The van der Waals surface area contributed by atoms with Crippen molar-refractivity contribution in [2.75, 3.05) is 0 Å². The summed E-state index contributed by atoms with van der Waals surface area (Å²) in [5, 5.41) is 7.30. The Labute approximate surface area is 117 Å². The number of hydrogen-bond acceptors (Lipinski definition) is 0. The first-order chi connectivity index (χ1) is 8.34. The molecule has 4 aromatic carbocycles. The van der Waals surface area contributed by atoms with Crippen molar-refractivity contribution in [2.45, 2.75) is 0 Å². The quantitative estimate of drug-likeness (QED) is 0.322. The number of hydrogen-bond donors (Lipinski definition) is 0. The van der Waals surface area contributed by atoms with Gasteiger partial charge in [-0.3, -0.25) is 0 Å². The van der Waals surface area contributed by atoms with E-state index in [1.54, 1.807) is 0 Å². The zero-order chi connectivity index (χ0) is 11.4. The fourth-order valence-corrected chi connectivity index (χ4v) is 2.74. The average Bonchev–Trinajstić information content (AvgIpc) is 2.38. The molecule has 0 heterocycles. The van der Waals surface area contributed by atoms with Crippen molar-refractivity contribution in [3.05, 3.63) is 60.3 Å². The predicted molar refractivity (Wildman–Crippen MR) is 74.1 cm³/mol. The van der Waals surface area contributed by atoms with Crippen LogP contribution < -0.4 is 18.9 Å². The maximum Gasteiger partial charge on any atom is 1.00 e. The Morgan fingerprint density at radius 3 is 1.89 bits per heavy atom. The minimum absolute atomic E-state index is 0. The van der Waals surface area contributed by atoms with E-state index in [2.05, 4.69) is 42.5 Å². The van der Waals surface area contributed by atoms with Crippen LogP contribution in [0.25, 0.3) is 38.1 Å². The first-order valence-corrected chi connectivity index (χ1v) is 5.73. The number of benzene rings is 4. The Morgan fingerprint density at radius 2 is 1.17 bits per heavy atom. The molecule has 0 atom stereocenters. The van der Waals surface area contributed by atoms with Gasteiger partial charge in [0.15, 0.2) is 0 Å². The molecule has 0 amide bonds. The smallest absolute Gasteiger partial charge is 0.698 e. The van der Waals surface area contributed by atoms with Crippen molar-refractivity contribution < 1.29 is 18.9 Å². The Kier molecular flexibility index (Phi) is 2.48. The molecular weight excluding hydrogens is 213 g/mol. The zero-order valence-electron chi connectivity index (χ0n) is 10.2. The first-order valence-electron chi connectivity index (χ1n) is 5.73. The van der Waals surface area contributed by atoms with Crippen molar-refractivity contribution in [1.82, 2.24) is 0 Å². The molecule has 0 aliphatic rings. The molecule has 4 aromatic rings. The van der Waals surface area contributed by atoms with Gasteiger partial charge in [-0.05, 0) is 32.3 Å². The second-order valence-corrected chi connectivity index (χ2v) is 4.47. The number of nitrogens with one attached hydrogen (secondary N) is 1. The maximum absolute atomic E-state index is 8.01. The molecule has 0 unspecified atom stereocenters. The molecule has 1 N–H and O–H groups in total. The zero-order valence-corrected chi connectivity index (χ0v) is 10.2. The Bertz CT molecular complexity index is 836. The van der Waals surface area contributed by atoms with Crippen LogP contribution in [-0.4, -0.2) is 0 Å². The van der Waals surface area contributed by atoms with E-state index >= 15 is 0 Å². The summed E-state index contributed by atoms with van der Waals surface area (Å²) in [5.41, 5.74) is 8.61. The summed E-state index contributed by atoms with van der Waals surface area (Å²) >= 11 is 0. The SMILES string of the molecule is [Li+].[NH-]c1ccc2ccc3cccc4ccc1c2c34. The van der Waals surface area contributed by atoms with Gasteiger partial charge in [0.1, 0.15) is 0 Å². The molecule has 0 bridgehead atoms. The van der Waals surface area contributed by atoms with Crippen LogP contribution in [0, 0.1) is 0 Å². The predicted octanol–water partition coefficient (Wildman–Crippen LogP) is 2.27. The monoisotopic (exact) mass is 223 g/mol. The van der Waals surface area contributed by atoms with Crippen molar-refractivity contribution in [3.63, 3.8) is 0 Å². The van der Waals surface area contributed by atoms with Crippen molar-refractivity contribution >= 4 is 38.0 Å². The van der Waals surface area contributed by atoms with E-state index < -0.39 is 0 Å². The summed E-state index contributed by atoms with van der Waals surface area (Å²) in [6, 6.07) is 18.8. The van der Waals surface area contributed by atoms with Crippen LogP contribution in [-0.2, 0) is 0 Å². The maximum atomic E-state index is 8.01. The van der Waals surface area contributed by atoms with E-state index in [1.165, 1.54) is 26.9 Å². The molecule has 0 radical (unpaired) electrons. The van der Waals surface area contributed by atoms with Gasteiger partial charge in [0.2, 0.25) is 0 Å². The minimum atomic E-state index is 0. The standard InChI is InChI=1S/C16H10N.Li/c17-14-9-7-12-5-4-10-2-1-3-11-6-8-13(14)16(12)15(10)11;/h1-9,17H;/q-1;+1. The molecule has 2 heteroatoms. The largest absolute Gasteiger partial charge is 1.00 e. The van der Waals surface area contributed by atoms with Gasteiger partial charge in [-0.25, -0.2) is 0 Å². The van der Waals surface area contributed by atoms with Crippen LogP contribution in [0.3, 0.4) is 0 Å². The summed E-state index contributed by atoms with van der Waals surface area (Å²) in [5.74, 6) is 0. The summed E-state index contributed by atoms with van der Waals surface area (Å²) in [6.07, 6.45) is 0. The minimum Gasteiger partial charge on any atom is -0.698 e. The molecule has 0 aliphatic heterocycles. The summed E-state index contributed by atoms with van der Waals surface area (Å²) in [7, 11) is 0. The van der Waals surface area contributed by atoms with Gasteiger partial charge in [0.05, 0.1) is 0 Å². The van der Waals surface area contributed by atoms with E-state index in [-0.39, 0.29) is 18.9 Å². The molecule has 4 rings (SSSR count). The third-order valence-electron chi connectivity index (χ3n) is 3.53. The Balaban J connectivity index is 0.000001000. The van der Waals surface area contributed by atoms with E-state index in [4.69, 9.17) is 5.73 Å². The molecule has 0 fully saturated rings. The molecular formula is C16H10LiN. The van der Waals surface area contributed by atoms with Crippen LogP contribution in [0.5, 0.6) is 0 Å².